The summed E-state index contributed by atoms with van der Waals surface area (Å²) in [5.74, 6) is 0.162. The van der Waals surface area contributed by atoms with Gasteiger partial charge in [-0.25, -0.2) is 4.98 Å². The van der Waals surface area contributed by atoms with Crippen LogP contribution in [0.4, 0.5) is 0 Å². The van der Waals surface area contributed by atoms with Crippen molar-refractivity contribution in [1.82, 2.24) is 9.55 Å². The van der Waals surface area contributed by atoms with Gasteiger partial charge in [0.2, 0.25) is 5.75 Å². The van der Waals surface area contributed by atoms with Crippen LogP contribution in [0.2, 0.25) is 0 Å². The van der Waals surface area contributed by atoms with Crippen LogP contribution in [-0.4, -0.2) is 21.1 Å². The summed E-state index contributed by atoms with van der Waals surface area (Å²) in [5.41, 5.74) is 5.57. The first-order valence-electron chi connectivity index (χ1n) is 5.63. The van der Waals surface area contributed by atoms with Crippen LogP contribution in [0.5, 0.6) is 5.75 Å². The summed E-state index contributed by atoms with van der Waals surface area (Å²) in [6.45, 7) is 5.00. The monoisotopic (exact) mass is 255 g/mol. The van der Waals surface area contributed by atoms with E-state index >= 15 is 0 Å². The van der Waals surface area contributed by atoms with E-state index in [0.717, 1.165) is 12.8 Å². The highest BCUT2D eigenvalue weighted by Crippen LogP contribution is 2.10. The van der Waals surface area contributed by atoms with Gasteiger partial charge in [-0.2, -0.15) is 0 Å². The quantitative estimate of drug-likeness (QED) is 0.770. The van der Waals surface area contributed by atoms with E-state index in [1.54, 1.807) is 0 Å². The summed E-state index contributed by atoms with van der Waals surface area (Å²) in [5, 5.41) is 0. The van der Waals surface area contributed by atoms with Crippen molar-refractivity contribution in [3.63, 3.8) is 0 Å². The normalized spacial score (nSPS) is 10.2. The molecular weight excluding hydrogens is 238 g/mol. The van der Waals surface area contributed by atoms with E-state index in [0.29, 0.717) is 13.2 Å². The van der Waals surface area contributed by atoms with Gasteiger partial charge in [0, 0.05) is 6.54 Å². The summed E-state index contributed by atoms with van der Waals surface area (Å²) in [6, 6.07) is 0. The fourth-order valence-corrected chi connectivity index (χ4v) is 1.53. The second-order valence-corrected chi connectivity index (χ2v) is 4.07. The van der Waals surface area contributed by atoms with E-state index < -0.39 is 0 Å². The van der Waals surface area contributed by atoms with Crippen LogP contribution in [-0.2, 0) is 6.54 Å². The summed E-state index contributed by atoms with van der Waals surface area (Å²) < 4.78 is 6.91. The maximum absolute atomic E-state index is 12.1. The molecule has 0 aliphatic carbocycles. The molecule has 0 saturated carbocycles. The van der Waals surface area contributed by atoms with Crippen LogP contribution in [0, 0.1) is 0 Å². The number of ether oxygens (including phenoxy) is 1. The van der Waals surface area contributed by atoms with E-state index in [1.165, 1.54) is 10.9 Å². The van der Waals surface area contributed by atoms with Gasteiger partial charge >= 0.3 is 0 Å². The van der Waals surface area contributed by atoms with Gasteiger partial charge in [0.25, 0.3) is 5.56 Å². The highest BCUT2D eigenvalue weighted by molar-refractivity contribution is 7.80. The molecule has 17 heavy (non-hydrogen) atoms. The second-order valence-electron chi connectivity index (χ2n) is 3.63. The minimum absolute atomic E-state index is 0.0804. The van der Waals surface area contributed by atoms with Crippen LogP contribution in [0.25, 0.3) is 0 Å². The lowest BCUT2D eigenvalue weighted by Gasteiger charge is -2.11. The summed E-state index contributed by atoms with van der Waals surface area (Å²) in [4.78, 5) is 16.2. The van der Waals surface area contributed by atoms with Gasteiger partial charge in [0.1, 0.15) is 10.7 Å². The van der Waals surface area contributed by atoms with E-state index in [2.05, 4.69) is 4.98 Å². The average Bonchev–Trinajstić information content (AvgIpc) is 2.30. The van der Waals surface area contributed by atoms with Crippen LogP contribution in [0.3, 0.4) is 0 Å². The van der Waals surface area contributed by atoms with Crippen molar-refractivity contribution in [2.75, 3.05) is 6.61 Å². The Hall–Kier alpha value is -1.43. The highest BCUT2D eigenvalue weighted by atomic mass is 32.1. The maximum atomic E-state index is 12.1. The van der Waals surface area contributed by atoms with Gasteiger partial charge in [-0.3, -0.25) is 9.36 Å². The fourth-order valence-electron chi connectivity index (χ4n) is 1.38. The molecule has 0 radical (unpaired) electrons. The number of hydrogen-bond donors (Lipinski definition) is 1. The first kappa shape index (κ1) is 13.6. The number of rotatable bonds is 6. The Balaban J connectivity index is 3.21. The molecule has 0 aliphatic heterocycles. The Morgan fingerprint density at radius 3 is 2.76 bits per heavy atom. The molecule has 0 fully saturated rings. The molecule has 0 unspecified atom stereocenters. The third-order valence-corrected chi connectivity index (χ3v) is 2.34. The molecule has 0 spiro atoms. The van der Waals surface area contributed by atoms with Crippen molar-refractivity contribution in [2.45, 2.75) is 33.2 Å². The molecule has 0 atom stereocenters. The number of nitrogens with two attached hydrogens (primary N) is 1. The fraction of sp³-hybridized carbons (Fsp3) is 0.545. The molecule has 1 rings (SSSR count). The lowest BCUT2D eigenvalue weighted by atomic mass is 10.3. The topological polar surface area (TPSA) is 70.1 Å². The highest BCUT2D eigenvalue weighted by Gasteiger charge is 2.14. The Kier molecular flexibility index (Phi) is 5.09. The Labute approximate surface area is 106 Å². The SMILES string of the molecule is CCCOc1c(C(N)=S)ncn(CCC)c1=O. The summed E-state index contributed by atoms with van der Waals surface area (Å²) >= 11 is 4.85. The minimum atomic E-state index is -0.224. The molecule has 1 aromatic heterocycles. The Morgan fingerprint density at radius 1 is 1.53 bits per heavy atom. The predicted octanol–water partition coefficient (Wildman–Crippen LogP) is 1.08. The maximum Gasteiger partial charge on any atom is 0.296 e. The van der Waals surface area contributed by atoms with Crippen molar-refractivity contribution in [3.8, 4) is 5.75 Å². The number of thiocarbonyl (C=S) groups is 1. The predicted molar refractivity (Wildman–Crippen MR) is 70.5 cm³/mol. The standard InChI is InChI=1S/C11H17N3O2S/c1-3-5-14-7-13-8(10(12)17)9(11(14)15)16-6-4-2/h7H,3-6H2,1-2H3,(H2,12,17). The molecule has 94 valence electrons. The number of hydrogen-bond acceptors (Lipinski definition) is 4. The van der Waals surface area contributed by atoms with Crippen molar-refractivity contribution in [3.05, 3.63) is 22.4 Å². The molecule has 0 aromatic carbocycles. The van der Waals surface area contributed by atoms with Gasteiger partial charge in [0.05, 0.1) is 12.9 Å². The van der Waals surface area contributed by atoms with E-state index in [1.807, 2.05) is 13.8 Å². The van der Waals surface area contributed by atoms with Gasteiger partial charge in [-0.05, 0) is 12.8 Å². The van der Waals surface area contributed by atoms with Crippen LogP contribution in [0.1, 0.15) is 32.4 Å². The van der Waals surface area contributed by atoms with Gasteiger partial charge in [0.15, 0.2) is 0 Å². The van der Waals surface area contributed by atoms with E-state index in [4.69, 9.17) is 22.7 Å². The largest absolute Gasteiger partial charge is 0.486 e. The van der Waals surface area contributed by atoms with Crippen molar-refractivity contribution in [2.24, 2.45) is 5.73 Å². The first-order chi connectivity index (χ1) is 8.11. The van der Waals surface area contributed by atoms with E-state index in [-0.39, 0.29) is 22.0 Å². The number of nitrogens with zero attached hydrogens (tertiary/aromatic N) is 2. The smallest absolute Gasteiger partial charge is 0.296 e. The number of aromatic nitrogens is 2. The Bertz CT molecular complexity index is 457. The van der Waals surface area contributed by atoms with Crippen molar-refractivity contribution < 1.29 is 4.74 Å². The zero-order chi connectivity index (χ0) is 12.8. The summed E-state index contributed by atoms with van der Waals surface area (Å²) in [7, 11) is 0. The molecular formula is C11H17N3O2S. The van der Waals surface area contributed by atoms with Crippen LogP contribution in [0.15, 0.2) is 11.1 Å². The molecule has 5 nitrogen and oxygen atoms in total. The zero-order valence-electron chi connectivity index (χ0n) is 10.1. The van der Waals surface area contributed by atoms with Gasteiger partial charge in [-0.15, -0.1) is 0 Å². The number of aryl methyl sites for hydroxylation is 1. The molecule has 0 amide bonds. The Morgan fingerprint density at radius 2 is 2.24 bits per heavy atom. The molecule has 1 heterocycles. The molecule has 1 aromatic rings. The zero-order valence-corrected chi connectivity index (χ0v) is 10.9. The van der Waals surface area contributed by atoms with Crippen LogP contribution < -0.4 is 16.0 Å². The van der Waals surface area contributed by atoms with Crippen LogP contribution >= 0.6 is 12.2 Å². The third-order valence-electron chi connectivity index (χ3n) is 2.14. The molecule has 0 aliphatic rings. The molecule has 2 N–H and O–H groups in total. The van der Waals surface area contributed by atoms with Gasteiger partial charge < -0.3 is 10.5 Å². The lowest BCUT2D eigenvalue weighted by Crippen LogP contribution is -2.27. The van der Waals surface area contributed by atoms with Crippen molar-refractivity contribution >= 4 is 17.2 Å². The molecule has 0 bridgehead atoms. The average molecular weight is 255 g/mol. The molecule has 6 heteroatoms. The molecule has 0 saturated heterocycles. The summed E-state index contributed by atoms with van der Waals surface area (Å²) in [6.07, 6.45) is 3.11. The first-order valence-corrected chi connectivity index (χ1v) is 6.04. The van der Waals surface area contributed by atoms with Crippen molar-refractivity contribution in [1.29, 1.82) is 0 Å². The minimum Gasteiger partial charge on any atom is -0.486 e. The second kappa shape index (κ2) is 6.34. The van der Waals surface area contributed by atoms with E-state index in [9.17, 15) is 4.79 Å². The van der Waals surface area contributed by atoms with Gasteiger partial charge in [-0.1, -0.05) is 26.1 Å². The third kappa shape index (κ3) is 3.26. The lowest BCUT2D eigenvalue weighted by molar-refractivity contribution is 0.307.